The lowest BCUT2D eigenvalue weighted by Crippen LogP contribution is -2.41. The van der Waals surface area contributed by atoms with E-state index in [0.717, 1.165) is 0 Å². The third-order valence-electron chi connectivity index (χ3n) is 4.54. The minimum absolute atomic E-state index is 0.171. The highest BCUT2D eigenvalue weighted by atomic mass is 16.8. The molecule has 0 bridgehead atoms. The summed E-state index contributed by atoms with van der Waals surface area (Å²) in [7, 11) is 0. The molecule has 0 aromatic heterocycles. The summed E-state index contributed by atoms with van der Waals surface area (Å²) in [5.74, 6) is -3.24. The molecule has 12 heteroatoms. The molecular formula is C25H37NO11. The summed E-state index contributed by atoms with van der Waals surface area (Å²) in [6.45, 7) is 12.9. The van der Waals surface area contributed by atoms with Gasteiger partial charge in [0.2, 0.25) is 0 Å². The smallest absolute Gasteiger partial charge is 0.480 e. The van der Waals surface area contributed by atoms with Gasteiger partial charge in [-0.3, -0.25) is 4.79 Å². The quantitative estimate of drug-likeness (QED) is 0.246. The second-order valence-electron chi connectivity index (χ2n) is 9.89. The third-order valence-corrected chi connectivity index (χ3v) is 4.54. The molecule has 0 fully saturated rings. The number of carboxylic acids is 1. The number of carboxylic acid groups (broad SMARTS) is 1. The summed E-state index contributed by atoms with van der Waals surface area (Å²) >= 11 is 0. The zero-order valence-corrected chi connectivity index (χ0v) is 22.4. The number of benzene rings is 1. The summed E-state index contributed by atoms with van der Waals surface area (Å²) in [5, 5.41) is 9.62. The molecule has 0 radical (unpaired) electrons. The molecule has 0 aliphatic carbocycles. The number of rotatable bonds is 10. The molecule has 1 rings (SSSR count). The first-order chi connectivity index (χ1) is 17.0. The van der Waals surface area contributed by atoms with Crippen molar-refractivity contribution in [2.75, 3.05) is 6.61 Å². The molecule has 0 heterocycles. The summed E-state index contributed by atoms with van der Waals surface area (Å²) in [5.41, 5.74) is 5.52. The van der Waals surface area contributed by atoms with Crippen molar-refractivity contribution in [1.82, 2.24) is 0 Å². The molecule has 208 valence electrons. The van der Waals surface area contributed by atoms with Crippen LogP contribution in [0, 0.1) is 5.92 Å². The van der Waals surface area contributed by atoms with E-state index in [-0.39, 0.29) is 18.1 Å². The van der Waals surface area contributed by atoms with E-state index < -0.39 is 60.1 Å². The Labute approximate surface area is 216 Å². The van der Waals surface area contributed by atoms with Crippen molar-refractivity contribution in [1.29, 1.82) is 0 Å². The van der Waals surface area contributed by atoms with Gasteiger partial charge in [-0.1, -0.05) is 13.0 Å². The Morgan fingerprint density at radius 3 is 1.84 bits per heavy atom. The van der Waals surface area contributed by atoms with Crippen LogP contribution in [0.25, 0.3) is 0 Å². The number of aliphatic carboxylic acids is 1. The van der Waals surface area contributed by atoms with Crippen LogP contribution in [0.5, 0.6) is 11.5 Å². The van der Waals surface area contributed by atoms with Gasteiger partial charge in [0.25, 0.3) is 0 Å². The number of carbonyl (C=O) groups excluding carboxylic acids is 3. The maximum Gasteiger partial charge on any atom is 0.514 e. The van der Waals surface area contributed by atoms with Crippen LogP contribution in [0.1, 0.15) is 66.9 Å². The largest absolute Gasteiger partial charge is 0.514 e. The molecule has 0 saturated carbocycles. The van der Waals surface area contributed by atoms with Gasteiger partial charge in [-0.15, -0.1) is 0 Å². The van der Waals surface area contributed by atoms with E-state index in [1.807, 2.05) is 0 Å². The fourth-order valence-corrected chi connectivity index (χ4v) is 3.13. The van der Waals surface area contributed by atoms with Crippen LogP contribution in [0.2, 0.25) is 0 Å². The highest BCUT2D eigenvalue weighted by Gasteiger charge is 2.33. The zero-order valence-electron chi connectivity index (χ0n) is 22.4. The molecule has 3 N–H and O–H groups in total. The van der Waals surface area contributed by atoms with Crippen LogP contribution in [-0.4, -0.2) is 60.0 Å². The summed E-state index contributed by atoms with van der Waals surface area (Å²) in [6, 6.07) is 2.63. The van der Waals surface area contributed by atoms with Crippen molar-refractivity contribution in [2.45, 2.75) is 85.2 Å². The molecular weight excluding hydrogens is 490 g/mol. The molecule has 0 amide bonds. The minimum atomic E-state index is -1.43. The van der Waals surface area contributed by atoms with Gasteiger partial charge >= 0.3 is 24.4 Å². The van der Waals surface area contributed by atoms with Gasteiger partial charge < -0.3 is 39.3 Å². The normalized spacial score (nSPS) is 13.8. The Balaban J connectivity index is 3.34. The van der Waals surface area contributed by atoms with Crippen LogP contribution in [-0.2, 0) is 23.7 Å². The van der Waals surface area contributed by atoms with E-state index in [1.165, 1.54) is 18.2 Å². The van der Waals surface area contributed by atoms with Gasteiger partial charge in [-0.05, 0) is 72.1 Å². The topological polar surface area (TPSA) is 170 Å². The van der Waals surface area contributed by atoms with Crippen molar-refractivity contribution in [3.63, 3.8) is 0 Å². The van der Waals surface area contributed by atoms with E-state index >= 15 is 0 Å². The van der Waals surface area contributed by atoms with Gasteiger partial charge in [0.05, 0.1) is 18.8 Å². The van der Waals surface area contributed by atoms with E-state index in [4.69, 9.17) is 34.2 Å². The van der Waals surface area contributed by atoms with Crippen LogP contribution in [0.3, 0.4) is 0 Å². The molecule has 12 nitrogen and oxygen atoms in total. The molecule has 0 aliphatic heterocycles. The third kappa shape index (κ3) is 11.4. The second-order valence-corrected chi connectivity index (χ2v) is 9.89. The average molecular weight is 528 g/mol. The lowest BCUT2D eigenvalue weighted by Gasteiger charge is -2.28. The van der Waals surface area contributed by atoms with Gasteiger partial charge in [-0.2, -0.15) is 0 Å². The molecule has 3 atom stereocenters. The molecule has 0 spiro atoms. The zero-order chi connectivity index (χ0) is 28.5. The van der Waals surface area contributed by atoms with Crippen LogP contribution < -0.4 is 15.2 Å². The Kier molecular flexibility index (Phi) is 11.6. The summed E-state index contributed by atoms with van der Waals surface area (Å²) in [4.78, 5) is 48.0. The van der Waals surface area contributed by atoms with Crippen molar-refractivity contribution in [2.24, 2.45) is 11.7 Å². The lowest BCUT2D eigenvalue weighted by molar-refractivity contribution is -0.139. The molecule has 0 saturated heterocycles. The van der Waals surface area contributed by atoms with Crippen LogP contribution in [0.15, 0.2) is 18.2 Å². The van der Waals surface area contributed by atoms with E-state index in [2.05, 4.69) is 0 Å². The lowest BCUT2D eigenvalue weighted by atomic mass is 9.82. The molecule has 2 unspecified atom stereocenters. The first kappa shape index (κ1) is 31.5. The van der Waals surface area contributed by atoms with Crippen molar-refractivity contribution in [3.8, 4) is 11.5 Å². The number of ether oxygens (including phenoxy) is 6. The van der Waals surface area contributed by atoms with E-state index in [1.54, 1.807) is 55.4 Å². The van der Waals surface area contributed by atoms with Crippen LogP contribution >= 0.6 is 0 Å². The van der Waals surface area contributed by atoms with Gasteiger partial charge in [0, 0.05) is 5.92 Å². The first-order valence-electron chi connectivity index (χ1n) is 11.7. The predicted molar refractivity (Wildman–Crippen MR) is 131 cm³/mol. The van der Waals surface area contributed by atoms with Gasteiger partial charge in [-0.25, -0.2) is 14.4 Å². The number of hydrogen-bond donors (Lipinski definition) is 2. The highest BCUT2D eigenvalue weighted by Crippen LogP contribution is 2.36. The minimum Gasteiger partial charge on any atom is -0.480 e. The summed E-state index contributed by atoms with van der Waals surface area (Å²) in [6.07, 6.45) is -4.00. The molecule has 37 heavy (non-hydrogen) atoms. The molecule has 1 aromatic carbocycles. The fourth-order valence-electron chi connectivity index (χ4n) is 3.13. The maximum atomic E-state index is 12.2. The Morgan fingerprint density at radius 1 is 0.865 bits per heavy atom. The Bertz CT molecular complexity index is 952. The van der Waals surface area contributed by atoms with Gasteiger partial charge in [0.1, 0.15) is 11.6 Å². The predicted octanol–water partition coefficient (Wildman–Crippen LogP) is 4.62. The summed E-state index contributed by atoms with van der Waals surface area (Å²) < 4.78 is 30.6. The first-order valence-corrected chi connectivity index (χ1v) is 11.7. The maximum absolute atomic E-state index is 12.2. The van der Waals surface area contributed by atoms with Crippen molar-refractivity contribution < 1.29 is 52.7 Å². The Morgan fingerprint density at radius 2 is 1.38 bits per heavy atom. The number of nitrogens with two attached hydrogens (primary N) is 1. The monoisotopic (exact) mass is 527 g/mol. The average Bonchev–Trinajstić information content (AvgIpc) is 2.71. The molecule has 0 aliphatic rings. The van der Waals surface area contributed by atoms with E-state index in [0.29, 0.717) is 5.56 Å². The number of carbonyl (C=O) groups is 4. The standard InChI is InChI=1S/C25H37NO11/c1-13(2)33-23(30)35-17-10-9-16(11-18(17)36-24(31)34-14(3)4)19(20(26)21(27)28)15(5)12-32-22(29)37-25(6,7)8/h9-11,13-15,19-20H,12,26H2,1-8H3,(H,27,28)/t15?,19?,20-/m0/s1. The Hall–Kier alpha value is -3.54. The SMILES string of the molecule is CC(C)OC(=O)Oc1ccc(C(C(C)COC(=O)OC(C)(C)C)[C@H](N)C(=O)O)cc1OC(=O)OC(C)C. The van der Waals surface area contributed by atoms with E-state index in [9.17, 15) is 24.3 Å². The molecule has 1 aromatic rings. The van der Waals surface area contributed by atoms with Crippen LogP contribution in [0.4, 0.5) is 14.4 Å². The second kappa shape index (κ2) is 13.7. The highest BCUT2D eigenvalue weighted by molar-refractivity contribution is 5.75. The van der Waals surface area contributed by atoms with Crippen molar-refractivity contribution >= 4 is 24.4 Å². The van der Waals surface area contributed by atoms with Gasteiger partial charge in [0.15, 0.2) is 11.5 Å². The number of hydrogen-bond acceptors (Lipinski definition) is 11. The fraction of sp³-hybridized carbons (Fsp3) is 0.600. The van der Waals surface area contributed by atoms with Crippen molar-refractivity contribution in [3.05, 3.63) is 23.8 Å².